The molecule has 1 unspecified atom stereocenters. The van der Waals surface area contributed by atoms with Crippen LogP contribution in [0.15, 0.2) is 59.5 Å². The van der Waals surface area contributed by atoms with Gasteiger partial charge in [-0.2, -0.15) is 0 Å². The zero-order valence-corrected chi connectivity index (χ0v) is 14.8. The van der Waals surface area contributed by atoms with Gasteiger partial charge in [-0.05, 0) is 24.1 Å². The molecule has 27 heavy (non-hydrogen) atoms. The van der Waals surface area contributed by atoms with Crippen LogP contribution in [0.3, 0.4) is 0 Å². The molecular formula is C19H20N4O4. The Hall–Kier alpha value is -3.42. The van der Waals surface area contributed by atoms with Crippen LogP contribution >= 0.6 is 0 Å². The van der Waals surface area contributed by atoms with Crippen molar-refractivity contribution in [2.45, 2.75) is 25.3 Å². The van der Waals surface area contributed by atoms with E-state index in [4.69, 9.17) is 0 Å². The molecular weight excluding hydrogens is 348 g/mol. The number of aliphatic carboxylic acids is 1. The van der Waals surface area contributed by atoms with Crippen molar-refractivity contribution < 1.29 is 14.7 Å². The highest BCUT2D eigenvalue weighted by atomic mass is 16.4. The Kier molecular flexibility index (Phi) is 5.07. The van der Waals surface area contributed by atoms with E-state index in [2.05, 4.69) is 10.4 Å². The van der Waals surface area contributed by atoms with Crippen molar-refractivity contribution in [2.75, 3.05) is 6.54 Å². The van der Waals surface area contributed by atoms with Crippen LogP contribution < -0.4 is 11.0 Å². The summed E-state index contributed by atoms with van der Waals surface area (Å²) in [7, 11) is 0. The molecule has 0 saturated heterocycles. The van der Waals surface area contributed by atoms with E-state index in [1.165, 1.54) is 4.40 Å². The number of pyridine rings is 1. The summed E-state index contributed by atoms with van der Waals surface area (Å²) in [6.07, 6.45) is 1.88. The summed E-state index contributed by atoms with van der Waals surface area (Å²) in [5.41, 5.74) is -0.608. The van der Waals surface area contributed by atoms with Gasteiger partial charge in [-0.3, -0.25) is 14.0 Å². The molecule has 1 amide bonds. The summed E-state index contributed by atoms with van der Waals surface area (Å²) >= 11 is 0. The standard InChI is InChI=1S/C19H20N4O4/c1-2-19(17(25)26,14-8-4-3-5-9-14)13-20-16(24)12-23-18(27)22-11-7-6-10-15(22)21-23/h3-11H,2,12-13H2,1H3,(H,20,24)(H,25,26). The normalized spacial score (nSPS) is 13.2. The Morgan fingerprint density at radius 3 is 2.48 bits per heavy atom. The van der Waals surface area contributed by atoms with Crippen molar-refractivity contribution in [3.05, 3.63) is 70.8 Å². The molecule has 8 heteroatoms. The van der Waals surface area contributed by atoms with Crippen molar-refractivity contribution in [1.82, 2.24) is 19.5 Å². The first-order valence-electron chi connectivity index (χ1n) is 8.58. The number of nitrogens with one attached hydrogen (secondary N) is 1. The zero-order valence-electron chi connectivity index (χ0n) is 14.8. The number of nitrogens with zero attached hydrogens (tertiary/aromatic N) is 3. The molecule has 0 fully saturated rings. The molecule has 1 atom stereocenters. The first-order chi connectivity index (χ1) is 13.0. The van der Waals surface area contributed by atoms with Crippen LogP contribution in [0.4, 0.5) is 0 Å². The van der Waals surface area contributed by atoms with Crippen LogP contribution in [0.2, 0.25) is 0 Å². The summed E-state index contributed by atoms with van der Waals surface area (Å²) in [6.45, 7) is 1.40. The Labute approximate surface area is 155 Å². The number of aromatic nitrogens is 3. The van der Waals surface area contributed by atoms with Crippen molar-refractivity contribution in [3.63, 3.8) is 0 Å². The predicted molar refractivity (Wildman–Crippen MR) is 98.5 cm³/mol. The number of carboxylic acids is 1. The number of benzene rings is 1. The van der Waals surface area contributed by atoms with E-state index in [-0.39, 0.29) is 13.1 Å². The Morgan fingerprint density at radius 1 is 1.15 bits per heavy atom. The molecule has 1 aromatic carbocycles. The Balaban J connectivity index is 1.77. The number of carboxylic acid groups (broad SMARTS) is 1. The van der Waals surface area contributed by atoms with E-state index in [1.54, 1.807) is 61.7 Å². The minimum absolute atomic E-state index is 0.0796. The second-order valence-corrected chi connectivity index (χ2v) is 6.25. The summed E-state index contributed by atoms with van der Waals surface area (Å²) < 4.78 is 2.40. The molecule has 8 nitrogen and oxygen atoms in total. The van der Waals surface area contributed by atoms with Crippen molar-refractivity contribution in [3.8, 4) is 0 Å². The lowest BCUT2D eigenvalue weighted by Gasteiger charge is -2.29. The molecule has 0 aliphatic carbocycles. The zero-order chi connectivity index (χ0) is 19.4. The second-order valence-electron chi connectivity index (χ2n) is 6.25. The molecule has 0 aliphatic heterocycles. The molecule has 140 valence electrons. The fraction of sp³-hybridized carbons (Fsp3) is 0.263. The lowest BCUT2D eigenvalue weighted by Crippen LogP contribution is -2.47. The largest absolute Gasteiger partial charge is 0.481 e. The monoisotopic (exact) mass is 368 g/mol. The van der Waals surface area contributed by atoms with Gasteiger partial charge in [0.25, 0.3) is 0 Å². The van der Waals surface area contributed by atoms with E-state index >= 15 is 0 Å². The summed E-state index contributed by atoms with van der Waals surface area (Å²) in [5.74, 6) is -1.49. The SMILES string of the molecule is CCC(CNC(=O)Cn1nc2ccccn2c1=O)(C(=O)O)c1ccccc1. The fourth-order valence-corrected chi connectivity index (χ4v) is 3.05. The maximum Gasteiger partial charge on any atom is 0.350 e. The molecule has 0 spiro atoms. The minimum Gasteiger partial charge on any atom is -0.481 e. The van der Waals surface area contributed by atoms with Crippen LogP contribution in [0.5, 0.6) is 0 Å². The lowest BCUT2D eigenvalue weighted by molar-refractivity contribution is -0.144. The number of carbonyl (C=O) groups is 2. The maximum absolute atomic E-state index is 12.3. The van der Waals surface area contributed by atoms with Gasteiger partial charge in [-0.25, -0.2) is 9.48 Å². The van der Waals surface area contributed by atoms with Crippen LogP contribution in [-0.4, -0.2) is 37.7 Å². The van der Waals surface area contributed by atoms with Gasteiger partial charge < -0.3 is 10.4 Å². The van der Waals surface area contributed by atoms with Gasteiger partial charge in [0.05, 0.1) is 0 Å². The smallest absolute Gasteiger partial charge is 0.350 e. The van der Waals surface area contributed by atoms with Gasteiger partial charge >= 0.3 is 11.7 Å². The quantitative estimate of drug-likeness (QED) is 0.648. The van der Waals surface area contributed by atoms with E-state index < -0.39 is 23.0 Å². The molecule has 3 rings (SSSR count). The van der Waals surface area contributed by atoms with Crippen LogP contribution in [0.25, 0.3) is 5.65 Å². The van der Waals surface area contributed by atoms with Gasteiger partial charge in [-0.15, -0.1) is 5.10 Å². The van der Waals surface area contributed by atoms with E-state index in [0.717, 1.165) is 4.68 Å². The van der Waals surface area contributed by atoms with Crippen molar-refractivity contribution in [1.29, 1.82) is 0 Å². The van der Waals surface area contributed by atoms with Gasteiger partial charge in [0.15, 0.2) is 5.65 Å². The highest BCUT2D eigenvalue weighted by Crippen LogP contribution is 2.27. The molecule has 2 N–H and O–H groups in total. The van der Waals surface area contributed by atoms with E-state index in [0.29, 0.717) is 17.6 Å². The van der Waals surface area contributed by atoms with Gasteiger partial charge in [0, 0.05) is 12.7 Å². The van der Waals surface area contributed by atoms with Gasteiger partial charge in [0.1, 0.15) is 12.0 Å². The average Bonchev–Trinajstić information content (AvgIpc) is 2.99. The highest BCUT2D eigenvalue weighted by Gasteiger charge is 2.39. The number of rotatable bonds is 7. The first kappa shape index (κ1) is 18.4. The summed E-state index contributed by atoms with van der Waals surface area (Å²) in [4.78, 5) is 36.6. The molecule has 2 aromatic heterocycles. The highest BCUT2D eigenvalue weighted by molar-refractivity contribution is 5.83. The van der Waals surface area contributed by atoms with Crippen LogP contribution in [0.1, 0.15) is 18.9 Å². The van der Waals surface area contributed by atoms with Gasteiger partial charge in [-0.1, -0.05) is 43.3 Å². The fourth-order valence-electron chi connectivity index (χ4n) is 3.05. The second kappa shape index (κ2) is 7.45. The van der Waals surface area contributed by atoms with Crippen molar-refractivity contribution >= 4 is 17.5 Å². The average molecular weight is 368 g/mol. The topological polar surface area (TPSA) is 106 Å². The first-order valence-corrected chi connectivity index (χ1v) is 8.58. The number of hydrogen-bond donors (Lipinski definition) is 2. The van der Waals surface area contributed by atoms with Crippen LogP contribution in [0, 0.1) is 0 Å². The third kappa shape index (κ3) is 3.46. The van der Waals surface area contributed by atoms with Gasteiger partial charge in [0.2, 0.25) is 5.91 Å². The molecule has 2 heterocycles. The number of carbonyl (C=O) groups excluding carboxylic acids is 1. The number of fused-ring (bicyclic) bond motifs is 1. The molecule has 0 bridgehead atoms. The van der Waals surface area contributed by atoms with Crippen LogP contribution in [-0.2, 0) is 21.5 Å². The third-order valence-electron chi connectivity index (χ3n) is 4.71. The number of amides is 1. The predicted octanol–water partition coefficient (Wildman–Crippen LogP) is 1.04. The van der Waals surface area contributed by atoms with Crippen molar-refractivity contribution in [2.24, 2.45) is 0 Å². The summed E-state index contributed by atoms with van der Waals surface area (Å²) in [6, 6.07) is 13.9. The Bertz CT molecular complexity index is 1020. The summed E-state index contributed by atoms with van der Waals surface area (Å²) in [5, 5.41) is 16.5. The Morgan fingerprint density at radius 2 is 1.85 bits per heavy atom. The molecule has 0 radical (unpaired) electrons. The van der Waals surface area contributed by atoms with E-state index in [9.17, 15) is 19.5 Å². The maximum atomic E-state index is 12.3. The molecule has 3 aromatic rings. The lowest BCUT2D eigenvalue weighted by atomic mass is 9.78. The third-order valence-corrected chi connectivity index (χ3v) is 4.71. The van der Waals surface area contributed by atoms with E-state index in [1.807, 2.05) is 0 Å². The molecule has 0 aliphatic rings. The minimum atomic E-state index is -1.24. The molecule has 0 saturated carbocycles. The number of hydrogen-bond acceptors (Lipinski definition) is 4.